The molecule has 31 heavy (non-hydrogen) atoms. The molecule has 0 radical (unpaired) electrons. The average molecular weight is 560 g/mol. The van der Waals surface area contributed by atoms with Crippen molar-refractivity contribution in [3.05, 3.63) is 24.2 Å². The summed E-state index contributed by atoms with van der Waals surface area (Å²) < 4.78 is 47.2. The molecular formula is C20H32F3IN4O3. The molecule has 0 unspecified atom stereocenters. The predicted molar refractivity (Wildman–Crippen MR) is 123 cm³/mol. The van der Waals surface area contributed by atoms with Crippen molar-refractivity contribution in [2.24, 2.45) is 4.99 Å². The number of hydrogen-bond donors (Lipinski definition) is 2. The van der Waals surface area contributed by atoms with Crippen molar-refractivity contribution in [3.63, 3.8) is 0 Å². The van der Waals surface area contributed by atoms with Crippen molar-refractivity contribution >= 4 is 36.0 Å². The van der Waals surface area contributed by atoms with Gasteiger partial charge >= 0.3 is 12.3 Å². The van der Waals surface area contributed by atoms with E-state index in [0.717, 1.165) is 18.6 Å². The summed E-state index contributed by atoms with van der Waals surface area (Å²) in [6.07, 6.45) is -1.02. The first-order valence-electron chi connectivity index (χ1n) is 10.4. The van der Waals surface area contributed by atoms with Crippen molar-refractivity contribution in [3.8, 4) is 0 Å². The highest BCUT2D eigenvalue weighted by molar-refractivity contribution is 14.0. The van der Waals surface area contributed by atoms with Crippen LogP contribution >= 0.6 is 24.0 Å². The molecule has 1 fully saturated rings. The molecule has 7 nitrogen and oxygen atoms in total. The predicted octanol–water partition coefficient (Wildman–Crippen LogP) is 4.33. The van der Waals surface area contributed by atoms with Crippen LogP contribution in [0.4, 0.5) is 18.0 Å². The first-order valence-corrected chi connectivity index (χ1v) is 10.4. The number of carbonyl (C=O) groups is 1. The van der Waals surface area contributed by atoms with Crippen LogP contribution in [0.1, 0.15) is 44.8 Å². The lowest BCUT2D eigenvalue weighted by molar-refractivity contribution is -0.135. The third-order valence-electron chi connectivity index (χ3n) is 4.74. The first kappa shape index (κ1) is 27.4. The number of likely N-dealkylation sites (tertiary alicyclic amines) is 1. The number of guanidine groups is 1. The molecule has 1 aliphatic rings. The van der Waals surface area contributed by atoms with E-state index in [9.17, 15) is 18.0 Å². The fourth-order valence-electron chi connectivity index (χ4n) is 3.15. The van der Waals surface area contributed by atoms with Gasteiger partial charge in [-0.3, -0.25) is 4.99 Å². The Morgan fingerprint density at radius 2 is 2.06 bits per heavy atom. The normalized spacial score (nSPS) is 15.4. The fraction of sp³-hybridized carbons (Fsp3) is 0.700. The molecule has 178 valence electrons. The van der Waals surface area contributed by atoms with Gasteiger partial charge in [0, 0.05) is 45.1 Å². The Balaban J connectivity index is 0.00000480. The van der Waals surface area contributed by atoms with Crippen LogP contribution in [-0.4, -0.2) is 62.0 Å². The zero-order chi connectivity index (χ0) is 21.8. The molecule has 1 amide bonds. The number of carbonyl (C=O) groups excluding carboxylic acids is 1. The highest BCUT2D eigenvalue weighted by atomic mass is 127. The number of piperidine rings is 1. The molecule has 0 aliphatic carbocycles. The van der Waals surface area contributed by atoms with E-state index in [1.54, 1.807) is 18.1 Å². The Bertz CT molecular complexity index is 649. The lowest BCUT2D eigenvalue weighted by atomic mass is 10.1. The zero-order valence-corrected chi connectivity index (χ0v) is 20.1. The number of alkyl halides is 3. The molecule has 0 spiro atoms. The lowest BCUT2D eigenvalue weighted by Gasteiger charge is -2.32. The lowest BCUT2D eigenvalue weighted by Crippen LogP contribution is -2.50. The van der Waals surface area contributed by atoms with Gasteiger partial charge in [0.2, 0.25) is 0 Å². The number of amides is 1. The van der Waals surface area contributed by atoms with Crippen molar-refractivity contribution in [2.45, 2.75) is 57.7 Å². The van der Waals surface area contributed by atoms with Crippen LogP contribution in [0.3, 0.4) is 0 Å². The highest BCUT2D eigenvalue weighted by Crippen LogP contribution is 2.22. The maximum absolute atomic E-state index is 12.3. The summed E-state index contributed by atoms with van der Waals surface area (Å²) in [5.41, 5.74) is 0. The van der Waals surface area contributed by atoms with E-state index >= 15 is 0 Å². The molecule has 11 heteroatoms. The Morgan fingerprint density at radius 1 is 1.32 bits per heavy atom. The van der Waals surface area contributed by atoms with Crippen molar-refractivity contribution in [1.29, 1.82) is 0 Å². The van der Waals surface area contributed by atoms with E-state index in [4.69, 9.17) is 9.15 Å². The highest BCUT2D eigenvalue weighted by Gasteiger charge is 2.26. The van der Waals surface area contributed by atoms with Crippen LogP contribution in [0.25, 0.3) is 0 Å². The van der Waals surface area contributed by atoms with E-state index in [0.29, 0.717) is 51.6 Å². The monoisotopic (exact) mass is 560 g/mol. The molecular weight excluding hydrogens is 528 g/mol. The number of aliphatic imine (C=N–C) groups is 1. The largest absolute Gasteiger partial charge is 0.469 e. The maximum atomic E-state index is 12.3. The van der Waals surface area contributed by atoms with Crippen LogP contribution in [0.5, 0.6) is 0 Å². The van der Waals surface area contributed by atoms with E-state index in [2.05, 4.69) is 15.6 Å². The first-order chi connectivity index (χ1) is 14.4. The number of unbranched alkanes of at least 4 members (excludes halogenated alkanes) is 1. The SMILES string of the molecule is CCOC(=O)N1CCC(NC(=NCCCCC(F)(F)F)NCCc2ccco2)CC1.I. The molecule has 0 aromatic carbocycles. The molecule has 2 heterocycles. The number of furan rings is 1. The average Bonchev–Trinajstić information content (AvgIpc) is 3.21. The van der Waals surface area contributed by atoms with Gasteiger partial charge in [-0.1, -0.05) is 0 Å². The Morgan fingerprint density at radius 3 is 2.68 bits per heavy atom. The van der Waals surface area contributed by atoms with E-state index < -0.39 is 12.6 Å². The fourth-order valence-corrected chi connectivity index (χ4v) is 3.15. The van der Waals surface area contributed by atoms with Crippen LogP contribution in [0.15, 0.2) is 27.8 Å². The molecule has 1 aromatic heterocycles. The Kier molecular flexibility index (Phi) is 12.7. The van der Waals surface area contributed by atoms with Crippen LogP contribution in [-0.2, 0) is 11.2 Å². The third-order valence-corrected chi connectivity index (χ3v) is 4.74. The van der Waals surface area contributed by atoms with Crippen molar-refractivity contribution in [1.82, 2.24) is 15.5 Å². The number of hydrogen-bond acceptors (Lipinski definition) is 4. The second kappa shape index (κ2) is 14.4. The minimum absolute atomic E-state index is 0. The van der Waals surface area contributed by atoms with E-state index in [1.165, 1.54) is 0 Å². The minimum atomic E-state index is -4.13. The topological polar surface area (TPSA) is 79.1 Å². The summed E-state index contributed by atoms with van der Waals surface area (Å²) >= 11 is 0. The molecule has 1 saturated heterocycles. The van der Waals surface area contributed by atoms with Crippen LogP contribution < -0.4 is 10.6 Å². The number of nitrogens with zero attached hydrogens (tertiary/aromatic N) is 2. The van der Waals surface area contributed by atoms with Gasteiger partial charge in [0.25, 0.3) is 0 Å². The zero-order valence-electron chi connectivity index (χ0n) is 17.7. The van der Waals surface area contributed by atoms with Crippen LogP contribution in [0.2, 0.25) is 0 Å². The van der Waals surface area contributed by atoms with Gasteiger partial charge in [-0.2, -0.15) is 13.2 Å². The number of ether oxygens (including phenoxy) is 1. The summed E-state index contributed by atoms with van der Waals surface area (Å²) in [6.45, 7) is 4.20. The molecule has 0 bridgehead atoms. The van der Waals surface area contributed by atoms with Gasteiger partial charge < -0.3 is 24.7 Å². The summed E-state index contributed by atoms with van der Waals surface area (Å²) in [7, 11) is 0. The molecule has 0 atom stereocenters. The summed E-state index contributed by atoms with van der Waals surface area (Å²) in [4.78, 5) is 17.9. The van der Waals surface area contributed by atoms with Gasteiger partial charge in [0.15, 0.2) is 5.96 Å². The second-order valence-electron chi connectivity index (χ2n) is 7.16. The maximum Gasteiger partial charge on any atom is 0.409 e. The van der Waals surface area contributed by atoms with Gasteiger partial charge in [0.05, 0.1) is 12.9 Å². The quantitative estimate of drug-likeness (QED) is 0.204. The van der Waals surface area contributed by atoms with Gasteiger partial charge in [-0.25, -0.2) is 4.79 Å². The molecule has 1 aliphatic heterocycles. The summed E-state index contributed by atoms with van der Waals surface area (Å²) in [5.74, 6) is 1.41. The van der Waals surface area contributed by atoms with Gasteiger partial charge in [-0.05, 0) is 44.7 Å². The number of rotatable bonds is 9. The standard InChI is InChI=1S/C20H31F3N4O3.HI/c1-2-29-19(28)27-13-8-16(9-14-27)26-18(24-11-4-3-10-20(21,22)23)25-12-7-17-6-5-15-30-17;/h5-6,15-16H,2-4,7-14H2,1H3,(H2,24,25,26);1H. The number of nitrogens with one attached hydrogen (secondary N) is 2. The van der Waals surface area contributed by atoms with Crippen molar-refractivity contribution < 1.29 is 27.1 Å². The second-order valence-corrected chi connectivity index (χ2v) is 7.16. The van der Waals surface area contributed by atoms with E-state index in [-0.39, 0.29) is 42.5 Å². The summed E-state index contributed by atoms with van der Waals surface area (Å²) in [6, 6.07) is 3.83. The van der Waals surface area contributed by atoms with E-state index in [1.807, 2.05) is 12.1 Å². The summed E-state index contributed by atoms with van der Waals surface area (Å²) in [5, 5.41) is 6.56. The molecule has 2 N–H and O–H groups in total. The van der Waals surface area contributed by atoms with Crippen LogP contribution in [0, 0.1) is 0 Å². The third kappa shape index (κ3) is 11.5. The molecule has 2 rings (SSSR count). The Hall–Kier alpha value is -1.66. The smallest absolute Gasteiger partial charge is 0.409 e. The van der Waals surface area contributed by atoms with Gasteiger partial charge in [0.1, 0.15) is 5.76 Å². The molecule has 1 aromatic rings. The van der Waals surface area contributed by atoms with Gasteiger partial charge in [-0.15, -0.1) is 24.0 Å². The molecule has 0 saturated carbocycles. The number of halogens is 4. The van der Waals surface area contributed by atoms with Crippen molar-refractivity contribution in [2.75, 3.05) is 32.8 Å². The minimum Gasteiger partial charge on any atom is -0.469 e. The Labute approximate surface area is 198 Å².